The van der Waals surface area contributed by atoms with Crippen LogP contribution in [0.5, 0.6) is 0 Å². The first-order chi connectivity index (χ1) is 6.33. The van der Waals surface area contributed by atoms with Gasteiger partial charge >= 0.3 is 0 Å². The molecule has 1 aromatic carbocycles. The summed E-state index contributed by atoms with van der Waals surface area (Å²) in [5.74, 6) is 0.659. The van der Waals surface area contributed by atoms with Gasteiger partial charge in [-0.3, -0.25) is 5.10 Å². The maximum absolute atomic E-state index is 5.08. The smallest absolute Gasteiger partial charge is 0.119 e. The van der Waals surface area contributed by atoms with Gasteiger partial charge in [0.05, 0.1) is 18.8 Å². The van der Waals surface area contributed by atoms with Crippen molar-refractivity contribution in [3.8, 4) is 0 Å². The summed E-state index contributed by atoms with van der Waals surface area (Å²) in [7, 11) is 1.61. The van der Waals surface area contributed by atoms with Crippen molar-refractivity contribution in [2.75, 3.05) is 7.11 Å². The Bertz CT molecular complexity index is 445. The molecule has 0 saturated heterocycles. The molecule has 0 bridgehead atoms. The van der Waals surface area contributed by atoms with Crippen molar-refractivity contribution in [2.24, 2.45) is 0 Å². The van der Waals surface area contributed by atoms with Crippen molar-refractivity contribution >= 4 is 16.7 Å². The monoisotopic (exact) mass is 174 g/mol. The normalized spacial score (nSPS) is 10.2. The van der Waals surface area contributed by atoms with E-state index in [0.717, 1.165) is 16.5 Å². The number of nitrogens with one attached hydrogen (secondary N) is 1. The van der Waals surface area contributed by atoms with Gasteiger partial charge < -0.3 is 4.74 Å². The van der Waals surface area contributed by atoms with Crippen molar-refractivity contribution in [3.63, 3.8) is 0 Å². The topological polar surface area (TPSA) is 37.9 Å². The molecule has 66 valence electrons. The zero-order valence-electron chi connectivity index (χ0n) is 7.37. The number of nitrogens with zero attached hydrogens (tertiary/aromatic N) is 1. The van der Waals surface area contributed by atoms with Gasteiger partial charge in [0.1, 0.15) is 5.76 Å². The fourth-order valence-electron chi connectivity index (χ4n) is 1.32. The number of rotatable bonds is 2. The van der Waals surface area contributed by atoms with Crippen LogP contribution in [0.3, 0.4) is 0 Å². The van der Waals surface area contributed by atoms with E-state index in [9.17, 15) is 0 Å². The SMILES string of the molecule is C=C(OC)c1cccc2[nH]ncc12. The van der Waals surface area contributed by atoms with Crippen molar-refractivity contribution in [3.05, 3.63) is 36.5 Å². The van der Waals surface area contributed by atoms with Crippen LogP contribution in [0.1, 0.15) is 5.56 Å². The summed E-state index contributed by atoms with van der Waals surface area (Å²) < 4.78 is 5.08. The zero-order chi connectivity index (χ0) is 9.26. The fraction of sp³-hybridized carbons (Fsp3) is 0.100. The Morgan fingerprint density at radius 3 is 3.15 bits per heavy atom. The van der Waals surface area contributed by atoms with Crippen LogP contribution in [0, 0.1) is 0 Å². The second-order valence-corrected chi connectivity index (χ2v) is 2.76. The van der Waals surface area contributed by atoms with Crippen LogP contribution >= 0.6 is 0 Å². The van der Waals surface area contributed by atoms with E-state index in [-0.39, 0.29) is 0 Å². The van der Waals surface area contributed by atoms with E-state index < -0.39 is 0 Å². The standard InChI is InChI=1S/C10H10N2O/c1-7(13-2)8-4-3-5-10-9(8)6-11-12-10/h3-6H,1H2,2H3,(H,11,12). The lowest BCUT2D eigenvalue weighted by Gasteiger charge is -2.04. The molecule has 1 aromatic heterocycles. The molecule has 0 spiro atoms. The summed E-state index contributed by atoms with van der Waals surface area (Å²) in [6, 6.07) is 5.87. The maximum Gasteiger partial charge on any atom is 0.119 e. The molecule has 0 amide bonds. The van der Waals surface area contributed by atoms with E-state index in [4.69, 9.17) is 4.74 Å². The van der Waals surface area contributed by atoms with E-state index in [1.54, 1.807) is 13.3 Å². The van der Waals surface area contributed by atoms with Gasteiger partial charge in [-0.1, -0.05) is 18.7 Å². The highest BCUT2D eigenvalue weighted by Gasteiger charge is 2.04. The number of methoxy groups -OCH3 is 1. The second kappa shape index (κ2) is 2.94. The highest BCUT2D eigenvalue weighted by molar-refractivity contribution is 5.89. The highest BCUT2D eigenvalue weighted by Crippen LogP contribution is 2.22. The Hall–Kier alpha value is -1.77. The predicted octanol–water partition coefficient (Wildman–Crippen LogP) is 2.18. The quantitative estimate of drug-likeness (QED) is 0.708. The second-order valence-electron chi connectivity index (χ2n) is 2.76. The van der Waals surface area contributed by atoms with Crippen molar-refractivity contribution in [1.29, 1.82) is 0 Å². The third-order valence-electron chi connectivity index (χ3n) is 2.03. The molecule has 3 nitrogen and oxygen atoms in total. The molecule has 0 aliphatic carbocycles. The van der Waals surface area contributed by atoms with Gasteiger partial charge in [-0.05, 0) is 6.07 Å². The number of ether oxygens (including phenoxy) is 1. The molecule has 0 radical (unpaired) electrons. The first-order valence-corrected chi connectivity index (χ1v) is 3.98. The molecular formula is C10H10N2O. The third-order valence-corrected chi connectivity index (χ3v) is 2.03. The minimum atomic E-state index is 0.659. The summed E-state index contributed by atoms with van der Waals surface area (Å²) in [5, 5.41) is 7.89. The number of hydrogen-bond acceptors (Lipinski definition) is 2. The highest BCUT2D eigenvalue weighted by atomic mass is 16.5. The third kappa shape index (κ3) is 1.18. The van der Waals surface area contributed by atoms with Crippen LogP contribution in [-0.2, 0) is 4.74 Å². The molecule has 0 atom stereocenters. The van der Waals surface area contributed by atoms with Crippen LogP contribution in [0.15, 0.2) is 31.0 Å². The number of aromatic nitrogens is 2. The lowest BCUT2D eigenvalue weighted by atomic mass is 10.1. The van der Waals surface area contributed by atoms with Crippen LogP contribution in [-0.4, -0.2) is 17.3 Å². The molecule has 0 aliphatic heterocycles. The van der Waals surface area contributed by atoms with Crippen LogP contribution in [0.4, 0.5) is 0 Å². The average Bonchev–Trinajstić information content (AvgIpc) is 2.63. The molecule has 0 fully saturated rings. The molecule has 13 heavy (non-hydrogen) atoms. The molecule has 0 saturated carbocycles. The van der Waals surface area contributed by atoms with Gasteiger partial charge in [-0.25, -0.2) is 0 Å². The Morgan fingerprint density at radius 1 is 1.54 bits per heavy atom. The van der Waals surface area contributed by atoms with E-state index in [1.807, 2.05) is 18.2 Å². The predicted molar refractivity (Wildman–Crippen MR) is 52.1 cm³/mol. The number of aromatic amines is 1. The first kappa shape index (κ1) is 7.86. The summed E-state index contributed by atoms with van der Waals surface area (Å²) in [6.45, 7) is 3.81. The summed E-state index contributed by atoms with van der Waals surface area (Å²) >= 11 is 0. The Morgan fingerprint density at radius 2 is 2.38 bits per heavy atom. The number of benzene rings is 1. The molecule has 2 aromatic rings. The largest absolute Gasteiger partial charge is 0.497 e. The Balaban J connectivity index is 2.67. The van der Waals surface area contributed by atoms with E-state index in [1.165, 1.54) is 0 Å². The molecule has 1 N–H and O–H groups in total. The van der Waals surface area contributed by atoms with Crippen LogP contribution in [0.25, 0.3) is 16.7 Å². The number of H-pyrrole nitrogens is 1. The van der Waals surface area contributed by atoms with Gasteiger partial charge in [0.25, 0.3) is 0 Å². The van der Waals surface area contributed by atoms with Crippen molar-refractivity contribution < 1.29 is 4.74 Å². The van der Waals surface area contributed by atoms with E-state index in [2.05, 4.69) is 16.8 Å². The van der Waals surface area contributed by atoms with Gasteiger partial charge in [-0.15, -0.1) is 0 Å². The van der Waals surface area contributed by atoms with Gasteiger partial charge in [0, 0.05) is 10.9 Å². The zero-order valence-corrected chi connectivity index (χ0v) is 7.37. The van der Waals surface area contributed by atoms with Gasteiger partial charge in [-0.2, -0.15) is 5.10 Å². The molecule has 0 aliphatic rings. The first-order valence-electron chi connectivity index (χ1n) is 3.98. The summed E-state index contributed by atoms with van der Waals surface area (Å²) in [4.78, 5) is 0. The molecule has 3 heteroatoms. The molecular weight excluding hydrogens is 164 g/mol. The molecule has 0 unspecified atom stereocenters. The number of fused-ring (bicyclic) bond motifs is 1. The summed E-state index contributed by atoms with van der Waals surface area (Å²) in [6.07, 6.45) is 1.77. The van der Waals surface area contributed by atoms with Gasteiger partial charge in [0.15, 0.2) is 0 Å². The minimum absolute atomic E-state index is 0.659. The fourth-order valence-corrected chi connectivity index (χ4v) is 1.32. The average molecular weight is 174 g/mol. The molecule has 1 heterocycles. The van der Waals surface area contributed by atoms with E-state index in [0.29, 0.717) is 5.76 Å². The van der Waals surface area contributed by atoms with Crippen LogP contribution in [0.2, 0.25) is 0 Å². The van der Waals surface area contributed by atoms with Crippen molar-refractivity contribution in [1.82, 2.24) is 10.2 Å². The summed E-state index contributed by atoms with van der Waals surface area (Å²) in [5.41, 5.74) is 1.98. The van der Waals surface area contributed by atoms with Gasteiger partial charge in [0.2, 0.25) is 0 Å². The molecule has 2 rings (SSSR count). The Labute approximate surface area is 76.0 Å². The van der Waals surface area contributed by atoms with Crippen LogP contribution < -0.4 is 0 Å². The minimum Gasteiger partial charge on any atom is -0.497 e. The van der Waals surface area contributed by atoms with Crippen molar-refractivity contribution in [2.45, 2.75) is 0 Å². The van der Waals surface area contributed by atoms with E-state index >= 15 is 0 Å². The Kier molecular flexibility index (Phi) is 1.77. The lowest BCUT2D eigenvalue weighted by molar-refractivity contribution is 0.372. The number of hydrogen-bond donors (Lipinski definition) is 1. The lowest BCUT2D eigenvalue weighted by Crippen LogP contribution is -1.85. The maximum atomic E-state index is 5.08.